The molecule has 1 aromatic carbocycles. The number of ether oxygens (including phenoxy) is 1. The first-order valence-corrected chi connectivity index (χ1v) is 5.19. The highest BCUT2D eigenvalue weighted by Gasteiger charge is 2.31. The van der Waals surface area contributed by atoms with Gasteiger partial charge in [-0.1, -0.05) is 28.1 Å². The minimum absolute atomic E-state index is 0.0417. The van der Waals surface area contributed by atoms with Gasteiger partial charge in [0.1, 0.15) is 6.10 Å². The summed E-state index contributed by atoms with van der Waals surface area (Å²) in [6.07, 6.45) is -0.459. The molecule has 4 heteroatoms. The number of halogens is 1. The third-order valence-corrected chi connectivity index (χ3v) is 2.74. The minimum Gasteiger partial charge on any atom is -0.444 e. The lowest BCUT2D eigenvalue weighted by atomic mass is 10.0. The number of hydrogen-bond acceptors (Lipinski definition) is 2. The first-order chi connectivity index (χ1) is 6.66. The lowest BCUT2D eigenvalue weighted by Gasteiger charge is -2.12. The van der Waals surface area contributed by atoms with Crippen LogP contribution in [0.4, 0.5) is 4.79 Å². The van der Waals surface area contributed by atoms with Crippen LogP contribution in [0.15, 0.2) is 28.7 Å². The second-order valence-corrected chi connectivity index (χ2v) is 4.20. The van der Waals surface area contributed by atoms with E-state index in [4.69, 9.17) is 4.74 Å². The molecule has 1 N–H and O–H groups in total. The van der Waals surface area contributed by atoms with Gasteiger partial charge in [0.2, 0.25) is 0 Å². The highest BCUT2D eigenvalue weighted by molar-refractivity contribution is 9.10. The van der Waals surface area contributed by atoms with Crippen LogP contribution in [0.25, 0.3) is 0 Å². The summed E-state index contributed by atoms with van der Waals surface area (Å²) in [7, 11) is 0. The third-order valence-electron chi connectivity index (χ3n) is 2.24. The molecule has 74 valence electrons. The maximum absolute atomic E-state index is 11.0. The van der Waals surface area contributed by atoms with Gasteiger partial charge in [-0.25, -0.2) is 4.79 Å². The van der Waals surface area contributed by atoms with Crippen LogP contribution in [0.2, 0.25) is 0 Å². The van der Waals surface area contributed by atoms with E-state index in [0.717, 1.165) is 10.0 Å². The van der Waals surface area contributed by atoms with Crippen molar-refractivity contribution in [1.29, 1.82) is 0 Å². The number of amides is 1. The van der Waals surface area contributed by atoms with Crippen molar-refractivity contribution in [2.45, 2.75) is 19.1 Å². The van der Waals surface area contributed by atoms with E-state index in [1.165, 1.54) is 0 Å². The molecule has 1 aliphatic rings. The van der Waals surface area contributed by atoms with E-state index in [1.807, 2.05) is 31.2 Å². The Balaban J connectivity index is 2.27. The monoisotopic (exact) mass is 255 g/mol. The third kappa shape index (κ3) is 1.75. The van der Waals surface area contributed by atoms with Gasteiger partial charge in [0.25, 0.3) is 0 Å². The van der Waals surface area contributed by atoms with Crippen molar-refractivity contribution in [3.8, 4) is 0 Å². The average molecular weight is 256 g/mol. The first-order valence-electron chi connectivity index (χ1n) is 4.39. The lowest BCUT2D eigenvalue weighted by Crippen LogP contribution is -2.20. The number of rotatable bonds is 1. The molecule has 0 saturated carbocycles. The Labute approximate surface area is 90.6 Å². The molecular formula is C10H10BrNO2. The van der Waals surface area contributed by atoms with Crippen LogP contribution < -0.4 is 5.32 Å². The van der Waals surface area contributed by atoms with E-state index in [0.29, 0.717) is 0 Å². The summed E-state index contributed by atoms with van der Waals surface area (Å²) in [5.74, 6) is 0. The molecule has 2 atom stereocenters. The van der Waals surface area contributed by atoms with Gasteiger partial charge in [-0.15, -0.1) is 0 Å². The van der Waals surface area contributed by atoms with Crippen LogP contribution >= 0.6 is 15.9 Å². The van der Waals surface area contributed by atoms with Crippen molar-refractivity contribution in [2.24, 2.45) is 0 Å². The van der Waals surface area contributed by atoms with Crippen LogP contribution in [0.1, 0.15) is 18.5 Å². The Morgan fingerprint density at radius 2 is 2.29 bits per heavy atom. The number of hydrogen-bond donors (Lipinski definition) is 1. The number of cyclic esters (lactones) is 1. The van der Waals surface area contributed by atoms with Crippen LogP contribution in [0.3, 0.4) is 0 Å². The predicted octanol–water partition coefficient (Wildman–Crippen LogP) is 2.62. The average Bonchev–Trinajstić information content (AvgIpc) is 2.45. The molecule has 1 saturated heterocycles. The fourth-order valence-corrected chi connectivity index (χ4v) is 1.99. The van der Waals surface area contributed by atoms with Gasteiger partial charge < -0.3 is 10.1 Å². The SMILES string of the molecule is CC1OC(=O)NC1c1cccc(Br)c1. The topological polar surface area (TPSA) is 38.3 Å². The molecule has 1 fully saturated rings. The van der Waals surface area contributed by atoms with Crippen molar-refractivity contribution in [3.05, 3.63) is 34.3 Å². The molecular weight excluding hydrogens is 246 g/mol. The van der Waals surface area contributed by atoms with Crippen LogP contribution in [0, 0.1) is 0 Å². The largest absolute Gasteiger partial charge is 0.444 e. The molecule has 3 nitrogen and oxygen atoms in total. The molecule has 0 spiro atoms. The van der Waals surface area contributed by atoms with Crippen molar-refractivity contribution >= 4 is 22.0 Å². The second-order valence-electron chi connectivity index (χ2n) is 3.29. The van der Waals surface area contributed by atoms with Crippen LogP contribution in [-0.2, 0) is 4.74 Å². The Morgan fingerprint density at radius 3 is 2.86 bits per heavy atom. The zero-order valence-electron chi connectivity index (χ0n) is 7.66. The van der Waals surface area contributed by atoms with Gasteiger partial charge in [-0.2, -0.15) is 0 Å². The summed E-state index contributed by atoms with van der Waals surface area (Å²) in [6.45, 7) is 1.88. The molecule has 0 aliphatic carbocycles. The number of nitrogens with one attached hydrogen (secondary N) is 1. The predicted molar refractivity (Wildman–Crippen MR) is 56.0 cm³/mol. The molecule has 2 unspecified atom stereocenters. The van der Waals surface area contributed by atoms with Crippen LogP contribution in [-0.4, -0.2) is 12.2 Å². The highest BCUT2D eigenvalue weighted by atomic mass is 79.9. The van der Waals surface area contributed by atoms with Crippen molar-refractivity contribution in [3.63, 3.8) is 0 Å². The van der Waals surface area contributed by atoms with Gasteiger partial charge in [0.15, 0.2) is 0 Å². The Hall–Kier alpha value is -1.03. The molecule has 2 rings (SSSR count). The molecule has 1 aromatic rings. The summed E-state index contributed by atoms with van der Waals surface area (Å²) in [4.78, 5) is 11.0. The fourth-order valence-electron chi connectivity index (χ4n) is 1.57. The zero-order chi connectivity index (χ0) is 10.1. The van der Waals surface area contributed by atoms with Crippen molar-refractivity contribution in [1.82, 2.24) is 5.32 Å². The van der Waals surface area contributed by atoms with E-state index in [2.05, 4.69) is 21.2 Å². The molecule has 0 radical (unpaired) electrons. The fraction of sp³-hybridized carbons (Fsp3) is 0.300. The number of carbonyl (C=O) groups is 1. The van der Waals surface area contributed by atoms with E-state index >= 15 is 0 Å². The van der Waals surface area contributed by atoms with Gasteiger partial charge >= 0.3 is 6.09 Å². The van der Waals surface area contributed by atoms with E-state index in [1.54, 1.807) is 0 Å². The van der Waals surface area contributed by atoms with E-state index in [9.17, 15) is 4.79 Å². The quantitative estimate of drug-likeness (QED) is 0.838. The molecule has 0 aromatic heterocycles. The van der Waals surface area contributed by atoms with Gasteiger partial charge in [0, 0.05) is 4.47 Å². The smallest absolute Gasteiger partial charge is 0.408 e. The van der Waals surface area contributed by atoms with Crippen molar-refractivity contribution in [2.75, 3.05) is 0 Å². The van der Waals surface area contributed by atoms with E-state index in [-0.39, 0.29) is 18.2 Å². The Kier molecular flexibility index (Phi) is 2.46. The van der Waals surface area contributed by atoms with E-state index < -0.39 is 0 Å². The van der Waals surface area contributed by atoms with Crippen molar-refractivity contribution < 1.29 is 9.53 Å². The first kappa shape index (κ1) is 9.52. The minimum atomic E-state index is -0.345. The second kappa shape index (κ2) is 3.61. The molecule has 1 amide bonds. The highest BCUT2D eigenvalue weighted by Crippen LogP contribution is 2.26. The summed E-state index contributed by atoms with van der Waals surface area (Å²) in [5.41, 5.74) is 1.05. The molecule has 1 heterocycles. The summed E-state index contributed by atoms with van der Waals surface area (Å²) in [6, 6.07) is 7.80. The summed E-state index contributed by atoms with van der Waals surface area (Å²) < 4.78 is 6.01. The summed E-state index contributed by atoms with van der Waals surface area (Å²) in [5, 5.41) is 2.77. The van der Waals surface area contributed by atoms with Gasteiger partial charge in [-0.3, -0.25) is 0 Å². The standard InChI is InChI=1S/C10H10BrNO2/c1-6-9(12-10(13)14-6)7-3-2-4-8(11)5-7/h2-6,9H,1H3,(H,12,13). The summed E-state index contributed by atoms with van der Waals surface area (Å²) >= 11 is 3.39. The lowest BCUT2D eigenvalue weighted by molar-refractivity contribution is 0.141. The maximum atomic E-state index is 11.0. The number of carbonyl (C=O) groups excluding carboxylic acids is 1. The normalized spacial score (nSPS) is 25.7. The molecule has 14 heavy (non-hydrogen) atoms. The van der Waals surface area contributed by atoms with Crippen LogP contribution in [0.5, 0.6) is 0 Å². The molecule has 0 bridgehead atoms. The van der Waals surface area contributed by atoms with Gasteiger partial charge in [0.05, 0.1) is 6.04 Å². The Bertz CT molecular complexity index is 367. The Morgan fingerprint density at radius 1 is 1.50 bits per heavy atom. The maximum Gasteiger partial charge on any atom is 0.408 e. The molecule has 1 aliphatic heterocycles. The zero-order valence-corrected chi connectivity index (χ0v) is 9.24. The number of benzene rings is 1. The number of alkyl carbamates (subject to hydrolysis) is 1. The van der Waals surface area contributed by atoms with Gasteiger partial charge in [-0.05, 0) is 24.6 Å².